The molecule has 1 aromatic carbocycles. The van der Waals surface area contributed by atoms with Crippen molar-refractivity contribution in [2.24, 2.45) is 0 Å². The zero-order chi connectivity index (χ0) is 18.5. The number of nitrogens with one attached hydrogen (secondary N) is 2. The summed E-state index contributed by atoms with van der Waals surface area (Å²) in [4.78, 5) is 13.1. The Morgan fingerprint density at radius 3 is 2.62 bits per heavy atom. The summed E-state index contributed by atoms with van der Waals surface area (Å²) in [6.45, 7) is 4.16. The van der Waals surface area contributed by atoms with E-state index >= 15 is 0 Å². The topological polar surface area (TPSA) is 83.0 Å². The van der Waals surface area contributed by atoms with E-state index in [4.69, 9.17) is 11.6 Å². The Bertz CT molecular complexity index is 888. The van der Waals surface area contributed by atoms with Crippen LogP contribution in [0, 0.1) is 0 Å². The fourth-order valence-corrected chi connectivity index (χ4v) is 2.49. The zero-order valence-electron chi connectivity index (χ0n) is 14.6. The summed E-state index contributed by atoms with van der Waals surface area (Å²) in [6.07, 6.45) is 4.38. The van der Waals surface area contributed by atoms with Crippen molar-refractivity contribution in [2.75, 3.05) is 10.6 Å². The van der Waals surface area contributed by atoms with Crippen molar-refractivity contribution in [3.8, 4) is 17.0 Å². The van der Waals surface area contributed by atoms with Crippen LogP contribution < -0.4 is 10.6 Å². The molecule has 3 aromatic rings. The van der Waals surface area contributed by atoms with Gasteiger partial charge in [0, 0.05) is 35.1 Å². The summed E-state index contributed by atoms with van der Waals surface area (Å²) in [7, 11) is 0. The molecule has 0 aliphatic carbocycles. The van der Waals surface area contributed by atoms with E-state index in [1.165, 1.54) is 6.07 Å². The first kappa shape index (κ1) is 17.9. The Kier molecular flexibility index (Phi) is 5.53. The minimum atomic E-state index is 0.0925. The van der Waals surface area contributed by atoms with Gasteiger partial charge in [-0.25, -0.2) is 4.98 Å². The molecule has 26 heavy (non-hydrogen) atoms. The molecule has 0 aliphatic rings. The molecule has 7 heteroatoms. The second kappa shape index (κ2) is 8.01. The molecule has 0 amide bonds. The minimum Gasteiger partial charge on any atom is -0.506 e. The largest absolute Gasteiger partial charge is 0.506 e. The van der Waals surface area contributed by atoms with Gasteiger partial charge >= 0.3 is 0 Å². The van der Waals surface area contributed by atoms with Crippen molar-refractivity contribution in [1.82, 2.24) is 15.0 Å². The predicted octanol–water partition coefficient (Wildman–Crippen LogP) is 4.85. The zero-order valence-corrected chi connectivity index (χ0v) is 15.3. The molecule has 0 aliphatic heterocycles. The average molecular weight is 370 g/mol. The average Bonchev–Trinajstić information content (AvgIpc) is 2.65. The molecule has 0 fully saturated rings. The van der Waals surface area contributed by atoms with Crippen LogP contribution in [-0.4, -0.2) is 26.1 Å². The van der Waals surface area contributed by atoms with E-state index in [-0.39, 0.29) is 11.8 Å². The van der Waals surface area contributed by atoms with Crippen LogP contribution in [0.15, 0.2) is 48.8 Å². The maximum Gasteiger partial charge on any atom is 0.225 e. The molecular weight excluding hydrogens is 350 g/mol. The van der Waals surface area contributed by atoms with Crippen molar-refractivity contribution >= 4 is 29.1 Å². The molecular formula is C19H20ClN5O. The van der Waals surface area contributed by atoms with E-state index in [1.54, 1.807) is 24.5 Å². The molecule has 2 aromatic heterocycles. The van der Waals surface area contributed by atoms with Crippen LogP contribution in [0.2, 0.25) is 5.02 Å². The van der Waals surface area contributed by atoms with Crippen LogP contribution in [0.4, 0.5) is 17.5 Å². The predicted molar refractivity (Wildman–Crippen MR) is 105 cm³/mol. The van der Waals surface area contributed by atoms with Crippen molar-refractivity contribution in [3.63, 3.8) is 0 Å². The molecule has 134 valence electrons. The number of pyridine rings is 1. The summed E-state index contributed by atoms with van der Waals surface area (Å²) < 4.78 is 0. The number of nitrogens with zero attached hydrogens (tertiary/aromatic N) is 3. The normalized spacial score (nSPS) is 11.8. The lowest BCUT2D eigenvalue weighted by molar-refractivity contribution is 0.477. The molecule has 0 bridgehead atoms. The Balaban J connectivity index is 2.00. The quantitative estimate of drug-likeness (QED) is 0.538. The third-order valence-electron chi connectivity index (χ3n) is 3.91. The molecule has 3 N–H and O–H groups in total. The van der Waals surface area contributed by atoms with Gasteiger partial charge in [-0.3, -0.25) is 4.98 Å². The third-order valence-corrected chi connectivity index (χ3v) is 4.15. The molecule has 0 radical (unpaired) electrons. The standard InChI is InChI=1S/C19H20ClN5O/c1-3-12(2)22-19-24-15(13-6-8-21-9-7-13)11-18(25-19)23-16-10-14(20)4-5-17(16)26/h4-12,26H,3H2,1-2H3,(H2,22,23,24,25)/t12-/m1/s1. The van der Waals surface area contributed by atoms with Crippen LogP contribution in [0.5, 0.6) is 5.75 Å². The molecule has 0 saturated carbocycles. The highest BCUT2D eigenvalue weighted by Crippen LogP contribution is 2.30. The Morgan fingerprint density at radius 2 is 1.88 bits per heavy atom. The van der Waals surface area contributed by atoms with E-state index in [2.05, 4.69) is 39.4 Å². The van der Waals surface area contributed by atoms with Crippen molar-refractivity contribution in [3.05, 3.63) is 53.8 Å². The third kappa shape index (κ3) is 4.40. The number of phenols is 1. The molecule has 1 atom stereocenters. The van der Waals surface area contributed by atoms with Crippen LogP contribution in [0.25, 0.3) is 11.3 Å². The number of hydrogen-bond acceptors (Lipinski definition) is 6. The summed E-state index contributed by atoms with van der Waals surface area (Å²) in [5.74, 6) is 1.16. The fourth-order valence-electron chi connectivity index (χ4n) is 2.32. The van der Waals surface area contributed by atoms with Gasteiger partial charge in [0.25, 0.3) is 0 Å². The smallest absolute Gasteiger partial charge is 0.225 e. The van der Waals surface area contributed by atoms with Crippen LogP contribution in [0.1, 0.15) is 20.3 Å². The lowest BCUT2D eigenvalue weighted by Crippen LogP contribution is -2.16. The number of halogens is 1. The van der Waals surface area contributed by atoms with Gasteiger partial charge in [-0.05, 0) is 43.7 Å². The molecule has 0 saturated heterocycles. The van der Waals surface area contributed by atoms with Crippen LogP contribution in [0.3, 0.4) is 0 Å². The fraction of sp³-hybridized carbons (Fsp3) is 0.211. The number of anilines is 3. The second-order valence-electron chi connectivity index (χ2n) is 5.94. The molecule has 0 unspecified atom stereocenters. The maximum absolute atomic E-state index is 10.0. The van der Waals surface area contributed by atoms with Gasteiger partial charge in [0.1, 0.15) is 11.6 Å². The highest BCUT2D eigenvalue weighted by Gasteiger charge is 2.10. The highest BCUT2D eigenvalue weighted by atomic mass is 35.5. The van der Waals surface area contributed by atoms with Crippen LogP contribution >= 0.6 is 11.6 Å². The van der Waals surface area contributed by atoms with E-state index < -0.39 is 0 Å². The molecule has 2 heterocycles. The first-order valence-electron chi connectivity index (χ1n) is 8.36. The molecule has 6 nitrogen and oxygen atoms in total. The summed E-state index contributed by atoms with van der Waals surface area (Å²) >= 11 is 6.03. The number of phenolic OH excluding ortho intramolecular Hbond substituents is 1. The monoisotopic (exact) mass is 369 g/mol. The van der Waals surface area contributed by atoms with Crippen molar-refractivity contribution < 1.29 is 5.11 Å². The summed E-state index contributed by atoms with van der Waals surface area (Å²) in [5.41, 5.74) is 2.15. The van der Waals surface area contributed by atoms with E-state index in [9.17, 15) is 5.11 Å². The molecule has 3 rings (SSSR count). The van der Waals surface area contributed by atoms with Gasteiger partial charge in [-0.15, -0.1) is 0 Å². The Morgan fingerprint density at radius 1 is 1.12 bits per heavy atom. The molecule has 0 spiro atoms. The number of benzene rings is 1. The number of aromatic hydroxyl groups is 1. The summed E-state index contributed by atoms with van der Waals surface area (Å²) in [5, 5.41) is 17.0. The number of rotatable bonds is 6. The first-order chi connectivity index (χ1) is 12.5. The van der Waals surface area contributed by atoms with Crippen LogP contribution in [-0.2, 0) is 0 Å². The number of hydrogen-bond donors (Lipinski definition) is 3. The highest BCUT2D eigenvalue weighted by molar-refractivity contribution is 6.30. The van der Waals surface area contributed by atoms with E-state index in [1.807, 2.05) is 18.2 Å². The van der Waals surface area contributed by atoms with Gasteiger partial charge in [-0.2, -0.15) is 4.98 Å². The summed E-state index contributed by atoms with van der Waals surface area (Å²) in [6, 6.07) is 10.6. The van der Waals surface area contributed by atoms with Gasteiger partial charge in [0.05, 0.1) is 11.4 Å². The van der Waals surface area contributed by atoms with Gasteiger partial charge in [-0.1, -0.05) is 18.5 Å². The van der Waals surface area contributed by atoms with Gasteiger partial charge in [0.2, 0.25) is 5.95 Å². The SMILES string of the molecule is CC[C@@H](C)Nc1nc(Nc2cc(Cl)ccc2O)cc(-c2ccncc2)n1. The van der Waals surface area contributed by atoms with Crippen molar-refractivity contribution in [1.29, 1.82) is 0 Å². The van der Waals surface area contributed by atoms with E-state index in [0.29, 0.717) is 22.5 Å². The Labute approximate surface area is 157 Å². The maximum atomic E-state index is 10.0. The lowest BCUT2D eigenvalue weighted by Gasteiger charge is -2.15. The Hall–Kier alpha value is -2.86. The van der Waals surface area contributed by atoms with Crippen molar-refractivity contribution in [2.45, 2.75) is 26.3 Å². The van der Waals surface area contributed by atoms with Gasteiger partial charge in [0.15, 0.2) is 0 Å². The lowest BCUT2D eigenvalue weighted by atomic mass is 10.2. The van der Waals surface area contributed by atoms with Gasteiger partial charge < -0.3 is 15.7 Å². The minimum absolute atomic E-state index is 0.0925. The second-order valence-corrected chi connectivity index (χ2v) is 6.37. The first-order valence-corrected chi connectivity index (χ1v) is 8.74. The number of aromatic nitrogens is 3. The van der Waals surface area contributed by atoms with E-state index in [0.717, 1.165) is 17.7 Å².